The van der Waals surface area contributed by atoms with Gasteiger partial charge in [0.05, 0.1) is 39.9 Å². The van der Waals surface area contributed by atoms with Crippen molar-refractivity contribution in [1.29, 1.82) is 0 Å². The van der Waals surface area contributed by atoms with Crippen molar-refractivity contribution in [2.24, 2.45) is 0 Å². The molecule has 0 aliphatic carbocycles. The normalized spacial score (nSPS) is 14.9. The van der Waals surface area contributed by atoms with Crippen molar-refractivity contribution in [3.8, 4) is 0 Å². The highest BCUT2D eigenvalue weighted by Crippen LogP contribution is 2.43. The lowest BCUT2D eigenvalue weighted by Crippen LogP contribution is -2.45. The van der Waals surface area contributed by atoms with Crippen LogP contribution >= 0.6 is 7.82 Å². The second-order valence-corrected chi connectivity index (χ2v) is 16.5. The molecule has 0 aliphatic heterocycles. The monoisotopic (exact) mass is 728 g/mol. The lowest BCUT2D eigenvalue weighted by Gasteiger charge is -2.25. The van der Waals surface area contributed by atoms with Gasteiger partial charge in [0.1, 0.15) is 13.2 Å². The minimum Gasteiger partial charge on any atom is -0.387 e. The van der Waals surface area contributed by atoms with E-state index in [-0.39, 0.29) is 19.1 Å². The molecule has 0 aliphatic rings. The van der Waals surface area contributed by atoms with Crippen LogP contribution in [0.4, 0.5) is 0 Å². The van der Waals surface area contributed by atoms with Gasteiger partial charge >= 0.3 is 7.82 Å². The quantitative estimate of drug-likeness (QED) is 0.0257. The standard InChI is InChI=1S/C41H79N2O6P/c1-6-8-10-12-13-14-15-16-17-18-19-20-21-22-23-24-25-26-27-28-29-30-31-32-34-40(44)39(42-41(45)35-33-11-9-7-2)38-49-50(46,47)48-37-36-43(3,4)5/h24-25,28-29,32,34,39-40,44H,6-23,26-27,30-31,33,35-38H2,1-5H3,(H-,42,45,46,47)/p+1/b25-24+,29-28+,34-32+. The van der Waals surface area contributed by atoms with Gasteiger partial charge < -0.3 is 19.8 Å². The average Bonchev–Trinajstić information content (AvgIpc) is 3.06. The van der Waals surface area contributed by atoms with Crippen LogP contribution in [0.15, 0.2) is 36.5 Å². The van der Waals surface area contributed by atoms with E-state index in [4.69, 9.17) is 9.05 Å². The maximum atomic E-state index is 12.5. The number of aliphatic hydroxyl groups is 1. The fourth-order valence-corrected chi connectivity index (χ4v) is 6.28. The lowest BCUT2D eigenvalue weighted by atomic mass is 10.0. The van der Waals surface area contributed by atoms with Gasteiger partial charge in [-0.15, -0.1) is 0 Å². The molecule has 0 fully saturated rings. The Balaban J connectivity index is 4.21. The second-order valence-electron chi connectivity index (χ2n) is 15.0. The smallest absolute Gasteiger partial charge is 0.387 e. The van der Waals surface area contributed by atoms with Crippen LogP contribution in [0.3, 0.4) is 0 Å². The molecular weight excluding hydrogens is 647 g/mol. The van der Waals surface area contributed by atoms with Crippen molar-refractivity contribution in [1.82, 2.24) is 5.32 Å². The number of carbonyl (C=O) groups excluding carboxylic acids is 1. The number of hydrogen-bond donors (Lipinski definition) is 3. The second kappa shape index (κ2) is 33.5. The van der Waals surface area contributed by atoms with Crippen molar-refractivity contribution in [3.63, 3.8) is 0 Å². The molecule has 3 unspecified atom stereocenters. The topological polar surface area (TPSA) is 105 Å². The Morgan fingerprint density at radius 2 is 1.10 bits per heavy atom. The summed E-state index contributed by atoms with van der Waals surface area (Å²) in [5, 5.41) is 13.6. The molecule has 50 heavy (non-hydrogen) atoms. The van der Waals surface area contributed by atoms with Gasteiger partial charge in [-0.2, -0.15) is 0 Å². The van der Waals surface area contributed by atoms with E-state index in [1.54, 1.807) is 6.08 Å². The minimum absolute atomic E-state index is 0.0531. The molecule has 0 rings (SSSR count). The molecule has 0 saturated heterocycles. The molecule has 9 heteroatoms. The van der Waals surface area contributed by atoms with Crippen LogP contribution in [-0.2, 0) is 18.4 Å². The number of amides is 1. The molecule has 0 bridgehead atoms. The summed E-state index contributed by atoms with van der Waals surface area (Å²) in [6.45, 7) is 4.64. The number of rotatable bonds is 36. The van der Waals surface area contributed by atoms with Crippen LogP contribution in [0.2, 0.25) is 0 Å². The molecule has 0 aromatic heterocycles. The Bertz CT molecular complexity index is 917. The number of nitrogens with zero attached hydrogens (tertiary/aromatic N) is 1. The number of likely N-dealkylation sites (N-methyl/N-ethyl adjacent to an activating group) is 1. The fraction of sp³-hybridized carbons (Fsp3) is 0.829. The van der Waals surface area contributed by atoms with E-state index in [2.05, 4.69) is 43.5 Å². The van der Waals surface area contributed by atoms with Crippen molar-refractivity contribution in [3.05, 3.63) is 36.5 Å². The molecule has 0 saturated carbocycles. The first-order chi connectivity index (χ1) is 24.0. The number of allylic oxidation sites excluding steroid dienone is 5. The summed E-state index contributed by atoms with van der Waals surface area (Å²) >= 11 is 0. The van der Waals surface area contributed by atoms with Crippen LogP contribution < -0.4 is 5.32 Å². The molecule has 1 amide bonds. The number of phosphoric ester groups is 1. The van der Waals surface area contributed by atoms with Gasteiger partial charge in [-0.3, -0.25) is 13.8 Å². The number of nitrogens with one attached hydrogen (secondary N) is 1. The predicted molar refractivity (Wildman–Crippen MR) is 212 cm³/mol. The third-order valence-corrected chi connectivity index (χ3v) is 9.82. The van der Waals surface area contributed by atoms with Gasteiger partial charge in [0.2, 0.25) is 5.91 Å². The van der Waals surface area contributed by atoms with Gasteiger partial charge in [-0.05, 0) is 44.9 Å². The summed E-state index contributed by atoms with van der Waals surface area (Å²) in [6.07, 6.45) is 40.0. The third-order valence-electron chi connectivity index (χ3n) is 8.84. The number of aliphatic hydroxyl groups excluding tert-OH is 1. The summed E-state index contributed by atoms with van der Waals surface area (Å²) < 4.78 is 23.3. The summed E-state index contributed by atoms with van der Waals surface area (Å²) in [6, 6.07) is -0.862. The molecule has 0 heterocycles. The van der Waals surface area contributed by atoms with Crippen molar-refractivity contribution < 1.29 is 32.9 Å². The summed E-state index contributed by atoms with van der Waals surface area (Å²) in [5.41, 5.74) is 0. The zero-order valence-corrected chi connectivity index (χ0v) is 34.0. The largest absolute Gasteiger partial charge is 0.472 e. The predicted octanol–water partition coefficient (Wildman–Crippen LogP) is 10.7. The lowest BCUT2D eigenvalue weighted by molar-refractivity contribution is -0.870. The van der Waals surface area contributed by atoms with E-state index >= 15 is 0 Å². The highest BCUT2D eigenvalue weighted by molar-refractivity contribution is 7.47. The molecule has 0 radical (unpaired) electrons. The van der Waals surface area contributed by atoms with E-state index < -0.39 is 20.0 Å². The van der Waals surface area contributed by atoms with Gasteiger partial charge in [-0.25, -0.2) is 4.57 Å². The Hall–Kier alpha value is -1.28. The minimum atomic E-state index is -4.33. The van der Waals surface area contributed by atoms with E-state index in [1.807, 2.05) is 27.2 Å². The number of hydrogen-bond acceptors (Lipinski definition) is 5. The van der Waals surface area contributed by atoms with Crippen LogP contribution in [0.5, 0.6) is 0 Å². The molecular formula is C41H80N2O6P+. The van der Waals surface area contributed by atoms with Crippen LogP contribution in [-0.4, -0.2) is 73.4 Å². The molecule has 0 aromatic rings. The first-order valence-corrected chi connectivity index (χ1v) is 21.9. The molecule has 3 atom stereocenters. The zero-order chi connectivity index (χ0) is 37.2. The molecule has 0 aromatic carbocycles. The maximum Gasteiger partial charge on any atom is 0.472 e. The van der Waals surface area contributed by atoms with E-state index in [0.29, 0.717) is 17.4 Å². The first-order valence-electron chi connectivity index (χ1n) is 20.4. The molecule has 3 N–H and O–H groups in total. The van der Waals surface area contributed by atoms with E-state index in [9.17, 15) is 19.4 Å². The SMILES string of the molecule is CCCCCCCCCCCCCCCC/C=C/CC/C=C/CC/C=C/C(O)C(COP(=O)(O)OCC[N+](C)(C)C)NC(=O)CCCCCC. The van der Waals surface area contributed by atoms with Gasteiger partial charge in [0.15, 0.2) is 0 Å². The molecule has 0 spiro atoms. The first kappa shape index (κ1) is 48.7. The van der Waals surface area contributed by atoms with Gasteiger partial charge in [0, 0.05) is 6.42 Å². The van der Waals surface area contributed by atoms with Crippen LogP contribution in [0, 0.1) is 0 Å². The van der Waals surface area contributed by atoms with Crippen molar-refractivity contribution >= 4 is 13.7 Å². The number of unbranched alkanes of at least 4 members (excludes halogenated alkanes) is 19. The highest BCUT2D eigenvalue weighted by atomic mass is 31.2. The molecule has 294 valence electrons. The highest BCUT2D eigenvalue weighted by Gasteiger charge is 2.27. The molecule has 8 nitrogen and oxygen atoms in total. The van der Waals surface area contributed by atoms with Crippen molar-refractivity contribution in [2.45, 2.75) is 180 Å². The number of carbonyl (C=O) groups is 1. The van der Waals surface area contributed by atoms with Gasteiger partial charge in [-0.1, -0.05) is 153 Å². The number of phosphoric acid groups is 1. The van der Waals surface area contributed by atoms with E-state index in [1.165, 1.54) is 96.3 Å². The fourth-order valence-electron chi connectivity index (χ4n) is 5.54. The Morgan fingerprint density at radius 1 is 0.660 bits per heavy atom. The van der Waals surface area contributed by atoms with Crippen LogP contribution in [0.1, 0.15) is 168 Å². The van der Waals surface area contributed by atoms with Crippen LogP contribution in [0.25, 0.3) is 0 Å². The third kappa shape index (κ3) is 35.1. The Labute approximate surface area is 308 Å². The number of quaternary nitrogens is 1. The van der Waals surface area contributed by atoms with E-state index in [0.717, 1.165) is 51.4 Å². The Morgan fingerprint density at radius 3 is 1.60 bits per heavy atom. The zero-order valence-electron chi connectivity index (χ0n) is 33.1. The Kier molecular flexibility index (Phi) is 32.7. The summed E-state index contributed by atoms with van der Waals surface area (Å²) in [4.78, 5) is 22.7. The summed E-state index contributed by atoms with van der Waals surface area (Å²) in [5.74, 6) is -0.211. The maximum absolute atomic E-state index is 12.5. The van der Waals surface area contributed by atoms with Gasteiger partial charge in [0.25, 0.3) is 0 Å². The average molecular weight is 728 g/mol. The summed E-state index contributed by atoms with van der Waals surface area (Å²) in [7, 11) is 1.54. The van der Waals surface area contributed by atoms with Crippen molar-refractivity contribution in [2.75, 3.05) is 40.9 Å².